The number of alkyl halides is 6. The minimum absolute atomic E-state index is 0.0305. The standard InChI is InChI=1S/C57H78ClF6N9O6/c1-35(2)26-44-49(75)70(6)46(28-38-27-39(58)17-20-43(38)36-15-18-41(19-16-36)71-22-24-72(25-23-71)42-31-67(3)32-42)50(76)68(4)21-11-9-7-8-10-12-45(48(74)66-44)69(5)51(77)47(37-13-14-37)56(52(65)78)29-40(59)30-73(56)53(79)54(57(62,63)64)33-55(60,61)34-54/h15-20,27,35,37,40,42,44-47H,7-14,21-26,28-34H2,1-6H3,(H2,65,78)(H,66,74)/t40?,44-,45-,46-,47+,56?/m0/s1. The number of nitrogens with two attached hydrogens (primary N) is 1. The predicted molar refractivity (Wildman–Crippen MR) is 288 cm³/mol. The molecule has 2 aromatic carbocycles. The van der Waals surface area contributed by atoms with Crippen molar-refractivity contribution in [2.45, 2.75) is 145 Å². The van der Waals surface area contributed by atoms with Crippen molar-refractivity contribution in [2.75, 3.05) is 85.4 Å². The molecule has 4 saturated heterocycles. The fourth-order valence-corrected chi connectivity index (χ4v) is 13.3. The quantitative estimate of drug-likeness (QED) is 0.206. The molecular formula is C57H78ClF6N9O6. The number of hydrogen-bond acceptors (Lipinski definition) is 9. The van der Waals surface area contributed by atoms with Crippen LogP contribution in [-0.4, -0.2) is 193 Å². The zero-order valence-corrected chi connectivity index (χ0v) is 47.1. The van der Waals surface area contributed by atoms with E-state index >= 15 is 14.0 Å². The first-order chi connectivity index (χ1) is 37.2. The van der Waals surface area contributed by atoms with Crippen LogP contribution in [-0.2, 0) is 35.2 Å². The molecule has 0 spiro atoms. The number of hydrogen-bond donors (Lipinski definition) is 2. The third-order valence-electron chi connectivity index (χ3n) is 17.8. The van der Waals surface area contributed by atoms with Gasteiger partial charge >= 0.3 is 6.18 Å². The van der Waals surface area contributed by atoms with Crippen LogP contribution >= 0.6 is 11.6 Å². The lowest BCUT2D eigenvalue weighted by Crippen LogP contribution is -2.70. The number of amides is 6. The molecular weight excluding hydrogens is 1060 g/mol. The van der Waals surface area contributed by atoms with Crippen molar-refractivity contribution in [2.24, 2.45) is 28.9 Å². The lowest BCUT2D eigenvalue weighted by atomic mass is 9.63. The molecule has 3 N–H and O–H groups in total. The molecule has 0 aromatic heterocycles. The van der Waals surface area contributed by atoms with Gasteiger partial charge in [-0.05, 0) is 91.9 Å². The number of benzene rings is 2. The minimum atomic E-state index is -5.52. The lowest BCUT2D eigenvalue weighted by Gasteiger charge is -2.51. The first-order valence-corrected chi connectivity index (χ1v) is 28.4. The smallest absolute Gasteiger partial charge is 0.369 e. The molecule has 6 amide bonds. The zero-order chi connectivity index (χ0) is 57.5. The Morgan fingerprint density at radius 1 is 0.848 bits per heavy atom. The third-order valence-corrected chi connectivity index (χ3v) is 18.0. The summed E-state index contributed by atoms with van der Waals surface area (Å²) >= 11 is 6.69. The van der Waals surface area contributed by atoms with Crippen LogP contribution in [0.3, 0.4) is 0 Å². The van der Waals surface area contributed by atoms with Crippen LogP contribution in [0.5, 0.6) is 0 Å². The molecule has 4 aliphatic heterocycles. The number of piperazine rings is 1. The summed E-state index contributed by atoms with van der Waals surface area (Å²) < 4.78 is 88.6. The van der Waals surface area contributed by atoms with Gasteiger partial charge in [-0.1, -0.05) is 69.3 Å². The van der Waals surface area contributed by atoms with E-state index in [1.54, 1.807) is 24.1 Å². The molecule has 6 aliphatic rings. The highest BCUT2D eigenvalue weighted by molar-refractivity contribution is 6.30. The summed E-state index contributed by atoms with van der Waals surface area (Å²) in [7, 11) is 6.63. The second-order valence-corrected chi connectivity index (χ2v) is 24.4. The number of rotatable bonds is 13. The largest absolute Gasteiger partial charge is 0.403 e. The maximum atomic E-state index is 15.8. The van der Waals surface area contributed by atoms with Crippen LogP contribution in [0.15, 0.2) is 42.5 Å². The topological polar surface area (TPSA) is 163 Å². The van der Waals surface area contributed by atoms with Crippen molar-refractivity contribution < 1.29 is 55.1 Å². The molecule has 4 heterocycles. The fraction of sp³-hybridized carbons (Fsp3) is 0.684. The molecule has 8 rings (SSSR count). The Morgan fingerprint density at radius 3 is 2.06 bits per heavy atom. The van der Waals surface area contributed by atoms with Gasteiger partial charge in [-0.15, -0.1) is 0 Å². The van der Waals surface area contributed by atoms with Crippen molar-refractivity contribution in [1.29, 1.82) is 0 Å². The Hall–Kier alpha value is -5.15. The van der Waals surface area contributed by atoms with E-state index in [0.717, 1.165) is 61.0 Å². The number of halogens is 7. The summed E-state index contributed by atoms with van der Waals surface area (Å²) in [6, 6.07) is 10.7. The summed E-state index contributed by atoms with van der Waals surface area (Å²) in [5, 5.41) is 3.32. The van der Waals surface area contributed by atoms with Gasteiger partial charge in [0, 0.05) is 109 Å². The van der Waals surface area contributed by atoms with Crippen molar-refractivity contribution in [1.82, 2.24) is 34.7 Å². The molecule has 436 valence electrons. The van der Waals surface area contributed by atoms with Crippen molar-refractivity contribution in [3.63, 3.8) is 0 Å². The van der Waals surface area contributed by atoms with E-state index < -0.39 is 115 Å². The third kappa shape index (κ3) is 12.5. The second kappa shape index (κ2) is 23.7. The van der Waals surface area contributed by atoms with Crippen LogP contribution in [0.1, 0.15) is 96.5 Å². The van der Waals surface area contributed by atoms with Gasteiger partial charge in [-0.2, -0.15) is 13.2 Å². The van der Waals surface area contributed by atoms with Crippen LogP contribution in [0.2, 0.25) is 5.02 Å². The number of likely N-dealkylation sites (N-methyl/N-ethyl adjacent to an activating group) is 4. The fourth-order valence-electron chi connectivity index (χ4n) is 13.1. The highest BCUT2D eigenvalue weighted by Crippen LogP contribution is 2.62. The molecule has 2 aliphatic carbocycles. The lowest BCUT2D eigenvalue weighted by molar-refractivity contribution is -0.300. The molecule has 79 heavy (non-hydrogen) atoms. The zero-order valence-electron chi connectivity index (χ0n) is 46.3. The van der Waals surface area contributed by atoms with E-state index in [-0.39, 0.29) is 43.9 Å². The van der Waals surface area contributed by atoms with E-state index in [1.165, 1.54) is 19.0 Å². The Kier molecular flexibility index (Phi) is 18.0. The van der Waals surface area contributed by atoms with E-state index in [9.17, 15) is 41.1 Å². The number of nitrogens with one attached hydrogen (secondary N) is 1. The van der Waals surface area contributed by atoms with E-state index in [4.69, 9.17) is 17.3 Å². The molecule has 0 radical (unpaired) electrons. The molecule has 0 bridgehead atoms. The van der Waals surface area contributed by atoms with Gasteiger partial charge in [0.25, 0.3) is 5.92 Å². The number of carbonyl (C=O) groups excluding carboxylic acids is 6. The van der Waals surface area contributed by atoms with Gasteiger partial charge < -0.3 is 40.4 Å². The maximum absolute atomic E-state index is 15.8. The summed E-state index contributed by atoms with van der Waals surface area (Å²) in [6.45, 7) is 8.96. The average Bonchev–Trinajstić information content (AvgIpc) is 4.33. The summed E-state index contributed by atoms with van der Waals surface area (Å²) in [5.41, 5.74) is 3.15. The highest BCUT2D eigenvalue weighted by atomic mass is 35.5. The van der Waals surface area contributed by atoms with E-state index in [0.29, 0.717) is 60.2 Å². The molecule has 2 unspecified atom stereocenters. The first kappa shape index (κ1) is 60.0. The molecule has 6 fully saturated rings. The minimum Gasteiger partial charge on any atom is -0.369 e. The molecule has 15 nitrogen and oxygen atoms in total. The van der Waals surface area contributed by atoms with Crippen molar-refractivity contribution in [3.8, 4) is 11.1 Å². The average molecular weight is 1130 g/mol. The Balaban J connectivity index is 1.06. The predicted octanol–water partition coefficient (Wildman–Crippen LogP) is 6.78. The number of likely N-dealkylation sites (tertiary alicyclic amines) is 2. The first-order valence-electron chi connectivity index (χ1n) is 28.0. The maximum Gasteiger partial charge on any atom is 0.403 e. The van der Waals surface area contributed by atoms with Gasteiger partial charge in [0.15, 0.2) is 5.41 Å². The Morgan fingerprint density at radius 2 is 1.48 bits per heavy atom. The van der Waals surface area contributed by atoms with Crippen molar-refractivity contribution >= 4 is 52.7 Å². The summed E-state index contributed by atoms with van der Waals surface area (Å²) in [4.78, 5) is 99.6. The number of nitrogens with zero attached hydrogens (tertiary/aromatic N) is 7. The van der Waals surface area contributed by atoms with Crippen LogP contribution in [0, 0.1) is 23.2 Å². The number of primary amides is 1. The van der Waals surface area contributed by atoms with Gasteiger partial charge in [0.05, 0.1) is 12.5 Å². The van der Waals surface area contributed by atoms with Gasteiger partial charge in [0.1, 0.15) is 29.8 Å². The van der Waals surface area contributed by atoms with Gasteiger partial charge in [-0.25, -0.2) is 13.2 Å². The molecule has 22 heteroatoms. The van der Waals surface area contributed by atoms with Crippen LogP contribution in [0.25, 0.3) is 11.1 Å². The Labute approximate surface area is 464 Å². The van der Waals surface area contributed by atoms with Gasteiger partial charge in [0.2, 0.25) is 35.4 Å². The summed E-state index contributed by atoms with van der Waals surface area (Å²) in [5.74, 6) is -12.7. The molecule has 2 saturated carbocycles. The molecule has 6 atom stereocenters. The van der Waals surface area contributed by atoms with E-state index in [1.807, 2.05) is 32.0 Å². The number of anilines is 1. The molecule has 2 aromatic rings. The summed E-state index contributed by atoms with van der Waals surface area (Å²) in [6.07, 6.45) is -8.86. The number of carbonyl (C=O) groups is 6. The SMILES string of the molecule is CC(C)C[C@@H]1NC(=O)[C@@H](N(C)C(=O)[C@@H](C2CC2)C2(C(N)=O)CC(F)CN2C(=O)C2(C(F)(F)F)CC(F)(F)C2)CCCCCCCN(C)C(=O)[C@H](Cc2cc(Cl)ccc2-c2ccc(N3CCN(C4CN(C)C4)CC3)cc2)N(C)C1=O. The highest BCUT2D eigenvalue weighted by Gasteiger charge is 2.77. The van der Waals surface area contributed by atoms with E-state index in [2.05, 4.69) is 39.2 Å². The Bertz CT molecular complexity index is 2570. The van der Waals surface area contributed by atoms with Crippen LogP contribution in [0.4, 0.5) is 32.0 Å². The second-order valence-electron chi connectivity index (χ2n) is 24.0. The van der Waals surface area contributed by atoms with Gasteiger partial charge in [-0.3, -0.25) is 33.7 Å². The van der Waals surface area contributed by atoms with Crippen molar-refractivity contribution in [3.05, 3.63) is 53.1 Å². The normalized spacial score (nSPS) is 27.6. The monoisotopic (exact) mass is 1130 g/mol. The van der Waals surface area contributed by atoms with Crippen LogP contribution < -0.4 is 16.0 Å².